The molecule has 1 aliphatic rings. The summed E-state index contributed by atoms with van der Waals surface area (Å²) in [7, 11) is 0. The molecule has 4 rings (SSSR count). The maximum atomic E-state index is 12.2. The minimum Gasteiger partial charge on any atom is -0.482 e. The first kappa shape index (κ1) is 22.1. The van der Waals surface area contributed by atoms with Crippen molar-refractivity contribution in [2.45, 2.75) is 32.3 Å². The number of halogens is 2. The number of carbonyl (C=O) groups is 2. The van der Waals surface area contributed by atoms with Gasteiger partial charge in [-0.05, 0) is 49.9 Å². The maximum Gasteiger partial charge on any atom is 0.344 e. The van der Waals surface area contributed by atoms with E-state index in [-0.39, 0.29) is 16.5 Å². The zero-order valence-electron chi connectivity index (χ0n) is 16.9. The molecular formula is C22H18Cl2N2O6. The molecule has 2 heterocycles. The highest BCUT2D eigenvalue weighted by atomic mass is 35.5. The van der Waals surface area contributed by atoms with Crippen molar-refractivity contribution in [3.05, 3.63) is 62.1 Å². The van der Waals surface area contributed by atoms with Gasteiger partial charge in [0.25, 0.3) is 5.91 Å². The SMILES string of the molecule is CC(OC(=O)COc1ccc2c3c(c(=O)oc2c1)CCC3)C(=O)Nc1ncc(Cl)cc1Cl. The van der Waals surface area contributed by atoms with Gasteiger partial charge in [-0.2, -0.15) is 0 Å². The number of esters is 1. The average Bonchev–Trinajstić information content (AvgIpc) is 3.25. The third-order valence-corrected chi connectivity index (χ3v) is 5.52. The molecule has 0 aliphatic heterocycles. The fourth-order valence-electron chi connectivity index (χ4n) is 3.51. The maximum absolute atomic E-state index is 12.2. The number of aromatic nitrogens is 1. The quantitative estimate of drug-likeness (QED) is 0.423. The van der Waals surface area contributed by atoms with Gasteiger partial charge in [-0.1, -0.05) is 23.2 Å². The van der Waals surface area contributed by atoms with Crippen LogP contribution in [0.4, 0.5) is 5.82 Å². The lowest BCUT2D eigenvalue weighted by Crippen LogP contribution is -2.32. The number of hydrogen-bond donors (Lipinski definition) is 1. The van der Waals surface area contributed by atoms with Crippen LogP contribution in [0.3, 0.4) is 0 Å². The van der Waals surface area contributed by atoms with Gasteiger partial charge in [0, 0.05) is 23.2 Å². The number of aryl methyl sites for hydroxylation is 1. The smallest absolute Gasteiger partial charge is 0.344 e. The predicted molar refractivity (Wildman–Crippen MR) is 118 cm³/mol. The number of anilines is 1. The van der Waals surface area contributed by atoms with Gasteiger partial charge in [-0.25, -0.2) is 14.6 Å². The molecule has 1 aliphatic carbocycles. The molecule has 0 radical (unpaired) electrons. The Labute approximate surface area is 192 Å². The number of fused-ring (bicyclic) bond motifs is 3. The summed E-state index contributed by atoms with van der Waals surface area (Å²) in [4.78, 5) is 40.4. The second-order valence-electron chi connectivity index (χ2n) is 7.25. The van der Waals surface area contributed by atoms with E-state index in [2.05, 4.69) is 10.3 Å². The minimum absolute atomic E-state index is 0.101. The topological polar surface area (TPSA) is 108 Å². The van der Waals surface area contributed by atoms with Gasteiger partial charge in [-0.15, -0.1) is 0 Å². The zero-order chi connectivity index (χ0) is 22.8. The summed E-state index contributed by atoms with van der Waals surface area (Å²) in [6, 6.07) is 6.49. The van der Waals surface area contributed by atoms with Gasteiger partial charge in [0.05, 0.1) is 10.0 Å². The van der Waals surface area contributed by atoms with Crippen LogP contribution in [0.2, 0.25) is 10.0 Å². The Kier molecular flexibility index (Phi) is 6.34. The van der Waals surface area contributed by atoms with Crippen molar-refractivity contribution in [2.75, 3.05) is 11.9 Å². The van der Waals surface area contributed by atoms with E-state index in [0.717, 1.165) is 35.8 Å². The summed E-state index contributed by atoms with van der Waals surface area (Å²) in [5.74, 6) is -0.927. The number of pyridine rings is 1. The molecule has 1 amide bonds. The third kappa shape index (κ3) is 4.71. The number of hydrogen-bond acceptors (Lipinski definition) is 7. The summed E-state index contributed by atoms with van der Waals surface area (Å²) in [5, 5.41) is 3.80. The highest BCUT2D eigenvalue weighted by Crippen LogP contribution is 2.29. The zero-order valence-corrected chi connectivity index (χ0v) is 18.5. The largest absolute Gasteiger partial charge is 0.482 e. The van der Waals surface area contributed by atoms with Gasteiger partial charge in [0.2, 0.25) is 0 Å². The van der Waals surface area contributed by atoms with Crippen molar-refractivity contribution < 1.29 is 23.5 Å². The van der Waals surface area contributed by atoms with Crippen LogP contribution in [0.5, 0.6) is 5.75 Å². The Bertz CT molecular complexity index is 1270. The second kappa shape index (κ2) is 9.18. The van der Waals surface area contributed by atoms with Crippen LogP contribution in [0, 0.1) is 0 Å². The molecule has 10 heteroatoms. The van der Waals surface area contributed by atoms with E-state index < -0.39 is 24.6 Å². The molecule has 0 bridgehead atoms. The Morgan fingerprint density at radius 3 is 2.78 bits per heavy atom. The number of ether oxygens (including phenoxy) is 2. The van der Waals surface area contributed by atoms with Gasteiger partial charge in [0.15, 0.2) is 18.5 Å². The van der Waals surface area contributed by atoms with E-state index in [1.54, 1.807) is 12.1 Å². The Morgan fingerprint density at radius 1 is 1.22 bits per heavy atom. The second-order valence-corrected chi connectivity index (χ2v) is 8.10. The fraction of sp³-hybridized carbons (Fsp3) is 0.273. The van der Waals surface area contributed by atoms with Crippen LogP contribution in [-0.4, -0.2) is 29.6 Å². The average molecular weight is 477 g/mol. The molecule has 1 atom stereocenters. The highest BCUT2D eigenvalue weighted by molar-refractivity contribution is 6.36. The summed E-state index contributed by atoms with van der Waals surface area (Å²) in [5.41, 5.74) is 1.81. The molecule has 166 valence electrons. The van der Waals surface area contributed by atoms with Crippen LogP contribution in [0.25, 0.3) is 11.0 Å². The van der Waals surface area contributed by atoms with Crippen molar-refractivity contribution >= 4 is 51.9 Å². The molecule has 0 saturated heterocycles. The van der Waals surface area contributed by atoms with E-state index in [0.29, 0.717) is 16.4 Å². The Hall–Kier alpha value is -3.10. The monoisotopic (exact) mass is 476 g/mol. The summed E-state index contributed by atoms with van der Waals surface area (Å²) < 4.78 is 15.9. The van der Waals surface area contributed by atoms with Crippen molar-refractivity contribution in [1.29, 1.82) is 0 Å². The van der Waals surface area contributed by atoms with E-state index in [1.807, 2.05) is 6.07 Å². The van der Waals surface area contributed by atoms with Gasteiger partial charge < -0.3 is 19.2 Å². The number of benzene rings is 1. The highest BCUT2D eigenvalue weighted by Gasteiger charge is 2.21. The van der Waals surface area contributed by atoms with Crippen LogP contribution in [0.1, 0.15) is 24.5 Å². The number of amides is 1. The number of carbonyl (C=O) groups excluding carboxylic acids is 2. The van der Waals surface area contributed by atoms with Crippen molar-refractivity contribution in [2.24, 2.45) is 0 Å². The van der Waals surface area contributed by atoms with Crippen LogP contribution in [-0.2, 0) is 27.2 Å². The first-order valence-electron chi connectivity index (χ1n) is 9.84. The van der Waals surface area contributed by atoms with Crippen molar-refractivity contribution in [3.63, 3.8) is 0 Å². The number of rotatable bonds is 6. The molecule has 0 fully saturated rings. The molecular weight excluding hydrogens is 459 g/mol. The predicted octanol–water partition coefficient (Wildman–Crippen LogP) is 3.93. The van der Waals surface area contributed by atoms with E-state index in [4.69, 9.17) is 37.1 Å². The molecule has 1 aromatic carbocycles. The summed E-state index contributed by atoms with van der Waals surface area (Å²) in [6.45, 7) is 0.973. The molecule has 0 saturated carbocycles. The standard InChI is InChI=1S/C22H18Cl2N2O6/c1-11(21(28)26-20-17(24)7-12(23)9-25-20)31-19(27)10-30-13-5-6-15-14-3-2-4-16(14)22(29)32-18(15)8-13/h5-9,11H,2-4,10H2,1H3,(H,25,26,28). The summed E-state index contributed by atoms with van der Waals surface area (Å²) >= 11 is 11.7. The Balaban J connectivity index is 1.35. The molecule has 8 nitrogen and oxygen atoms in total. The summed E-state index contributed by atoms with van der Waals surface area (Å²) in [6.07, 6.45) is 2.70. The van der Waals surface area contributed by atoms with Crippen LogP contribution >= 0.6 is 23.2 Å². The normalized spacial score (nSPS) is 13.5. The number of nitrogens with zero attached hydrogens (tertiary/aromatic N) is 1. The lowest BCUT2D eigenvalue weighted by atomic mass is 10.1. The molecule has 3 aromatic rings. The van der Waals surface area contributed by atoms with E-state index in [1.165, 1.54) is 19.2 Å². The van der Waals surface area contributed by atoms with E-state index in [9.17, 15) is 14.4 Å². The molecule has 0 spiro atoms. The van der Waals surface area contributed by atoms with E-state index >= 15 is 0 Å². The van der Waals surface area contributed by atoms with Crippen LogP contribution < -0.4 is 15.7 Å². The molecule has 1 unspecified atom stereocenters. The lowest BCUT2D eigenvalue weighted by Gasteiger charge is -2.14. The van der Waals surface area contributed by atoms with Gasteiger partial charge in [-0.3, -0.25) is 4.79 Å². The third-order valence-electron chi connectivity index (χ3n) is 5.03. The van der Waals surface area contributed by atoms with Crippen molar-refractivity contribution in [3.8, 4) is 5.75 Å². The molecule has 2 aromatic heterocycles. The van der Waals surface area contributed by atoms with Gasteiger partial charge >= 0.3 is 11.6 Å². The Morgan fingerprint density at radius 2 is 2.00 bits per heavy atom. The fourth-order valence-corrected chi connectivity index (χ4v) is 3.93. The molecule has 32 heavy (non-hydrogen) atoms. The first-order valence-corrected chi connectivity index (χ1v) is 10.6. The van der Waals surface area contributed by atoms with Crippen molar-refractivity contribution in [1.82, 2.24) is 4.98 Å². The minimum atomic E-state index is -1.11. The number of nitrogens with one attached hydrogen (secondary N) is 1. The van der Waals surface area contributed by atoms with Crippen LogP contribution in [0.15, 0.2) is 39.7 Å². The lowest BCUT2D eigenvalue weighted by molar-refractivity contribution is -0.155. The first-order chi connectivity index (χ1) is 15.3. The molecule has 1 N–H and O–H groups in total. The van der Waals surface area contributed by atoms with Gasteiger partial charge in [0.1, 0.15) is 11.3 Å².